The fourth-order valence-corrected chi connectivity index (χ4v) is 4.43. The van der Waals surface area contributed by atoms with Crippen LogP contribution in [-0.2, 0) is 9.47 Å². The number of hydrogen-bond donors (Lipinski definition) is 1. The minimum absolute atomic E-state index is 0.129. The second-order valence-corrected chi connectivity index (χ2v) is 7.38. The molecule has 2 heterocycles. The van der Waals surface area contributed by atoms with Gasteiger partial charge < -0.3 is 14.8 Å². The molecule has 1 fully saturated rings. The Labute approximate surface area is 154 Å². The molecule has 0 aromatic heterocycles. The lowest BCUT2D eigenvalue weighted by atomic mass is 9.76. The Bertz CT molecular complexity index is 828. The Morgan fingerprint density at radius 1 is 1.19 bits per heavy atom. The zero-order chi connectivity index (χ0) is 18.3. The van der Waals surface area contributed by atoms with Gasteiger partial charge in [-0.25, -0.2) is 4.79 Å². The number of anilines is 1. The number of aryl methyl sites for hydroxylation is 2. The van der Waals surface area contributed by atoms with Crippen molar-refractivity contribution >= 4 is 11.7 Å². The molecular weight excluding hydrogens is 326 g/mol. The lowest BCUT2D eigenvalue weighted by molar-refractivity contribution is -0.0382. The molecule has 0 radical (unpaired) electrons. The number of benzene rings is 2. The van der Waals surface area contributed by atoms with Crippen molar-refractivity contribution in [1.29, 1.82) is 0 Å². The van der Waals surface area contributed by atoms with Gasteiger partial charge in [0.25, 0.3) is 0 Å². The number of nitrogens with one attached hydrogen (secondary N) is 1. The molecule has 1 N–H and O–H groups in total. The van der Waals surface area contributed by atoms with Crippen LogP contribution in [0.1, 0.15) is 57.6 Å². The van der Waals surface area contributed by atoms with E-state index in [4.69, 9.17) is 9.47 Å². The van der Waals surface area contributed by atoms with Crippen molar-refractivity contribution in [2.75, 3.05) is 19.0 Å². The van der Waals surface area contributed by atoms with Gasteiger partial charge in [0.1, 0.15) is 0 Å². The summed E-state index contributed by atoms with van der Waals surface area (Å²) < 4.78 is 11.0. The zero-order valence-corrected chi connectivity index (χ0v) is 15.5. The van der Waals surface area contributed by atoms with Crippen molar-refractivity contribution in [3.05, 3.63) is 64.2 Å². The van der Waals surface area contributed by atoms with Gasteiger partial charge in [-0.1, -0.05) is 29.8 Å². The minimum Gasteiger partial charge on any atom is -0.465 e. The van der Waals surface area contributed by atoms with Crippen molar-refractivity contribution in [2.24, 2.45) is 5.92 Å². The standard InChI is InChI=1S/C22H25NO3/c1-13-11-14(2)19-18(12-13)21-17(5-4-10-26-21)20(23-19)15-6-8-16(9-7-15)22(24)25-3/h6-9,11-12,17,20-21,23H,4-5,10H2,1-3H3/t17-,20?,21-/m0/s1. The Morgan fingerprint density at radius 2 is 1.96 bits per heavy atom. The van der Waals surface area contributed by atoms with Crippen LogP contribution in [0.4, 0.5) is 5.69 Å². The average molecular weight is 351 g/mol. The number of hydrogen-bond acceptors (Lipinski definition) is 4. The Morgan fingerprint density at radius 3 is 2.69 bits per heavy atom. The Hall–Kier alpha value is -2.33. The Kier molecular flexibility index (Phi) is 4.45. The predicted molar refractivity (Wildman–Crippen MR) is 101 cm³/mol. The second kappa shape index (κ2) is 6.76. The van der Waals surface area contributed by atoms with Gasteiger partial charge in [-0.15, -0.1) is 0 Å². The molecule has 26 heavy (non-hydrogen) atoms. The van der Waals surface area contributed by atoms with Gasteiger partial charge in [0.05, 0.1) is 24.8 Å². The molecule has 4 heteroatoms. The number of ether oxygens (including phenoxy) is 2. The van der Waals surface area contributed by atoms with E-state index in [9.17, 15) is 4.79 Å². The number of esters is 1. The van der Waals surface area contributed by atoms with Crippen LogP contribution in [0.5, 0.6) is 0 Å². The molecule has 0 spiro atoms. The van der Waals surface area contributed by atoms with Gasteiger partial charge >= 0.3 is 5.97 Å². The smallest absolute Gasteiger partial charge is 0.337 e. The molecule has 1 unspecified atom stereocenters. The maximum Gasteiger partial charge on any atom is 0.337 e. The van der Waals surface area contributed by atoms with E-state index in [0.717, 1.165) is 19.4 Å². The van der Waals surface area contributed by atoms with E-state index in [1.165, 1.54) is 35.1 Å². The molecule has 2 aromatic rings. The third kappa shape index (κ3) is 2.88. The normalized spacial score (nSPS) is 24.2. The van der Waals surface area contributed by atoms with E-state index >= 15 is 0 Å². The fraction of sp³-hybridized carbons (Fsp3) is 0.409. The molecular formula is C22H25NO3. The van der Waals surface area contributed by atoms with Crippen molar-refractivity contribution in [1.82, 2.24) is 0 Å². The van der Waals surface area contributed by atoms with Crippen LogP contribution >= 0.6 is 0 Å². The quantitative estimate of drug-likeness (QED) is 0.795. The van der Waals surface area contributed by atoms with Gasteiger partial charge in [-0.2, -0.15) is 0 Å². The molecule has 4 rings (SSSR count). The number of rotatable bonds is 2. The van der Waals surface area contributed by atoms with Crippen LogP contribution in [0.25, 0.3) is 0 Å². The lowest BCUT2D eigenvalue weighted by Gasteiger charge is -2.44. The molecule has 1 saturated heterocycles. The van der Waals surface area contributed by atoms with Crippen molar-refractivity contribution < 1.29 is 14.3 Å². The van der Waals surface area contributed by atoms with Gasteiger partial charge in [0.2, 0.25) is 0 Å². The highest BCUT2D eigenvalue weighted by Gasteiger charge is 2.40. The summed E-state index contributed by atoms with van der Waals surface area (Å²) in [5.74, 6) is 0.0881. The zero-order valence-electron chi connectivity index (χ0n) is 15.5. The van der Waals surface area contributed by atoms with Gasteiger partial charge in [0, 0.05) is 23.8 Å². The first-order chi connectivity index (χ1) is 12.6. The third-order valence-corrected chi connectivity index (χ3v) is 5.60. The van der Waals surface area contributed by atoms with Crippen LogP contribution in [-0.4, -0.2) is 19.7 Å². The van der Waals surface area contributed by atoms with Crippen LogP contribution in [0.3, 0.4) is 0 Å². The van der Waals surface area contributed by atoms with Crippen LogP contribution in [0.2, 0.25) is 0 Å². The first-order valence-electron chi connectivity index (χ1n) is 9.26. The fourth-order valence-electron chi connectivity index (χ4n) is 4.43. The van der Waals surface area contributed by atoms with E-state index in [-0.39, 0.29) is 18.1 Å². The number of carbonyl (C=O) groups is 1. The second-order valence-electron chi connectivity index (χ2n) is 7.38. The van der Waals surface area contributed by atoms with Crippen LogP contribution in [0.15, 0.2) is 36.4 Å². The van der Waals surface area contributed by atoms with Crippen LogP contribution < -0.4 is 5.32 Å². The highest BCUT2D eigenvalue weighted by molar-refractivity contribution is 5.89. The summed E-state index contributed by atoms with van der Waals surface area (Å²) in [5.41, 5.74) is 6.77. The van der Waals surface area contributed by atoms with Gasteiger partial charge in [-0.05, 0) is 49.9 Å². The first kappa shape index (κ1) is 17.1. The molecule has 0 saturated carbocycles. The van der Waals surface area contributed by atoms with E-state index in [1.54, 1.807) is 0 Å². The summed E-state index contributed by atoms with van der Waals surface area (Å²) in [7, 11) is 1.41. The number of fused-ring (bicyclic) bond motifs is 3. The molecule has 2 aliphatic heterocycles. The van der Waals surface area contributed by atoms with Crippen LogP contribution in [0, 0.1) is 19.8 Å². The maximum atomic E-state index is 11.7. The van der Waals surface area contributed by atoms with E-state index in [1.807, 2.05) is 24.3 Å². The number of carbonyl (C=O) groups excluding carboxylic acids is 1. The minimum atomic E-state index is -0.302. The molecule has 4 nitrogen and oxygen atoms in total. The first-order valence-corrected chi connectivity index (χ1v) is 9.26. The summed E-state index contributed by atoms with van der Waals surface area (Å²) in [6.45, 7) is 5.11. The lowest BCUT2D eigenvalue weighted by Crippen LogP contribution is -2.36. The van der Waals surface area contributed by atoms with Gasteiger partial charge in [0.15, 0.2) is 0 Å². The summed E-state index contributed by atoms with van der Waals surface area (Å²) in [6.07, 6.45) is 2.34. The van der Waals surface area contributed by atoms with Crippen molar-refractivity contribution in [3.63, 3.8) is 0 Å². The van der Waals surface area contributed by atoms with Crippen molar-refractivity contribution in [2.45, 2.75) is 38.8 Å². The highest BCUT2D eigenvalue weighted by Crippen LogP contribution is 2.50. The monoisotopic (exact) mass is 351 g/mol. The molecule has 0 bridgehead atoms. The van der Waals surface area contributed by atoms with E-state index in [2.05, 4.69) is 31.3 Å². The Balaban J connectivity index is 1.73. The SMILES string of the molecule is COC(=O)c1ccc(C2Nc3c(C)cc(C)cc3[C@H]3OCCC[C@@H]23)cc1. The summed E-state index contributed by atoms with van der Waals surface area (Å²) >= 11 is 0. The molecule has 2 aliphatic rings. The van der Waals surface area contributed by atoms with E-state index < -0.39 is 0 Å². The van der Waals surface area contributed by atoms with Crippen molar-refractivity contribution in [3.8, 4) is 0 Å². The molecule has 0 amide bonds. The summed E-state index contributed by atoms with van der Waals surface area (Å²) in [6, 6.07) is 12.4. The molecule has 3 atom stereocenters. The topological polar surface area (TPSA) is 47.6 Å². The number of methoxy groups -OCH3 is 1. The highest BCUT2D eigenvalue weighted by atomic mass is 16.5. The maximum absolute atomic E-state index is 11.7. The average Bonchev–Trinajstić information content (AvgIpc) is 2.67. The summed E-state index contributed by atoms with van der Waals surface area (Å²) in [4.78, 5) is 11.7. The van der Waals surface area contributed by atoms with Gasteiger partial charge in [-0.3, -0.25) is 0 Å². The molecule has 2 aromatic carbocycles. The molecule has 0 aliphatic carbocycles. The molecule has 136 valence electrons. The van der Waals surface area contributed by atoms with E-state index in [0.29, 0.717) is 11.5 Å². The third-order valence-electron chi connectivity index (χ3n) is 5.60. The summed E-state index contributed by atoms with van der Waals surface area (Å²) in [5, 5.41) is 3.77. The predicted octanol–water partition coefficient (Wildman–Crippen LogP) is 4.72. The largest absolute Gasteiger partial charge is 0.465 e.